The summed E-state index contributed by atoms with van der Waals surface area (Å²) in [5, 5.41) is 12.2. The summed E-state index contributed by atoms with van der Waals surface area (Å²) in [6, 6.07) is 7.81. The first kappa shape index (κ1) is 8.48. The van der Waals surface area contributed by atoms with Gasteiger partial charge in [0, 0.05) is 11.6 Å². The van der Waals surface area contributed by atoms with Crippen molar-refractivity contribution < 1.29 is 0 Å². The Balaban J connectivity index is 2.55. The SMILES string of the molecule is CC[N+]1([O-])CC=Cc2ccccc21. The Labute approximate surface area is 78.3 Å². The molecule has 0 radical (unpaired) electrons. The summed E-state index contributed by atoms with van der Waals surface area (Å²) in [5.41, 5.74) is 1.96. The summed E-state index contributed by atoms with van der Waals surface area (Å²) in [5.74, 6) is 0. The topological polar surface area (TPSA) is 23.1 Å². The molecule has 0 aliphatic carbocycles. The van der Waals surface area contributed by atoms with Crippen LogP contribution in [0.25, 0.3) is 6.08 Å². The number of benzene rings is 1. The lowest BCUT2D eigenvalue weighted by atomic mass is 10.1. The van der Waals surface area contributed by atoms with E-state index < -0.39 is 0 Å². The lowest BCUT2D eigenvalue weighted by molar-refractivity contribution is 0.425. The number of hydroxylamine groups is 2. The van der Waals surface area contributed by atoms with Gasteiger partial charge >= 0.3 is 0 Å². The van der Waals surface area contributed by atoms with Crippen LogP contribution in [-0.2, 0) is 0 Å². The van der Waals surface area contributed by atoms with E-state index in [9.17, 15) is 5.21 Å². The molecule has 68 valence electrons. The summed E-state index contributed by atoms with van der Waals surface area (Å²) < 4.78 is -0.216. The molecule has 1 aliphatic heterocycles. The lowest BCUT2D eigenvalue weighted by Crippen LogP contribution is -2.44. The monoisotopic (exact) mass is 175 g/mol. The fourth-order valence-corrected chi connectivity index (χ4v) is 1.75. The summed E-state index contributed by atoms with van der Waals surface area (Å²) in [7, 11) is 0. The minimum absolute atomic E-state index is 0.216. The fraction of sp³-hybridized carbons (Fsp3) is 0.273. The predicted molar refractivity (Wildman–Crippen MR) is 56.0 cm³/mol. The van der Waals surface area contributed by atoms with Crippen molar-refractivity contribution in [1.82, 2.24) is 4.65 Å². The molecule has 1 unspecified atom stereocenters. The minimum atomic E-state index is -0.216. The van der Waals surface area contributed by atoms with E-state index in [2.05, 4.69) is 0 Å². The van der Waals surface area contributed by atoms with Gasteiger partial charge in [-0.3, -0.25) is 0 Å². The van der Waals surface area contributed by atoms with Crippen molar-refractivity contribution in [3.63, 3.8) is 0 Å². The minimum Gasteiger partial charge on any atom is -0.627 e. The smallest absolute Gasteiger partial charge is 0.140 e. The van der Waals surface area contributed by atoms with E-state index in [4.69, 9.17) is 0 Å². The molecule has 0 fully saturated rings. The molecule has 0 spiro atoms. The highest BCUT2D eigenvalue weighted by atomic mass is 16.5. The maximum Gasteiger partial charge on any atom is 0.140 e. The Hall–Kier alpha value is -1.12. The number of para-hydroxylation sites is 1. The average molecular weight is 175 g/mol. The zero-order valence-corrected chi connectivity index (χ0v) is 7.73. The Kier molecular flexibility index (Phi) is 1.94. The standard InChI is InChI=1S/C11H13NO/c1-2-12(13)9-5-7-10-6-3-4-8-11(10)12/h3-8H,2,9H2,1H3. The third-order valence-electron chi connectivity index (χ3n) is 2.58. The van der Waals surface area contributed by atoms with Gasteiger partial charge in [-0.15, -0.1) is 0 Å². The van der Waals surface area contributed by atoms with Crippen molar-refractivity contribution in [1.29, 1.82) is 0 Å². The van der Waals surface area contributed by atoms with Gasteiger partial charge in [0.1, 0.15) is 12.2 Å². The van der Waals surface area contributed by atoms with Crippen LogP contribution >= 0.6 is 0 Å². The zero-order chi connectivity index (χ0) is 9.31. The third kappa shape index (κ3) is 1.28. The van der Waals surface area contributed by atoms with Gasteiger partial charge in [0.25, 0.3) is 0 Å². The molecule has 0 saturated heterocycles. The fourth-order valence-electron chi connectivity index (χ4n) is 1.75. The second-order valence-corrected chi connectivity index (χ2v) is 3.35. The predicted octanol–water partition coefficient (Wildman–Crippen LogP) is 2.54. The van der Waals surface area contributed by atoms with E-state index in [1.807, 2.05) is 43.3 Å². The molecule has 2 heteroatoms. The third-order valence-corrected chi connectivity index (χ3v) is 2.58. The number of quaternary nitrogens is 1. The number of rotatable bonds is 1. The molecule has 1 aromatic rings. The van der Waals surface area contributed by atoms with Crippen molar-refractivity contribution in [2.45, 2.75) is 6.92 Å². The zero-order valence-electron chi connectivity index (χ0n) is 7.73. The Morgan fingerprint density at radius 3 is 2.92 bits per heavy atom. The van der Waals surface area contributed by atoms with Crippen LogP contribution in [-0.4, -0.2) is 13.1 Å². The second-order valence-electron chi connectivity index (χ2n) is 3.35. The van der Waals surface area contributed by atoms with E-state index in [0.29, 0.717) is 13.1 Å². The van der Waals surface area contributed by atoms with Gasteiger partial charge in [-0.05, 0) is 25.1 Å². The maximum absolute atomic E-state index is 12.2. The van der Waals surface area contributed by atoms with Gasteiger partial charge < -0.3 is 9.85 Å². The molecular formula is C11H13NO. The van der Waals surface area contributed by atoms with Crippen LogP contribution in [0.4, 0.5) is 5.69 Å². The van der Waals surface area contributed by atoms with Crippen molar-refractivity contribution in [3.05, 3.63) is 41.1 Å². The highest BCUT2D eigenvalue weighted by Gasteiger charge is 2.22. The second kappa shape index (κ2) is 2.98. The normalized spacial score (nSPS) is 25.7. The molecule has 2 nitrogen and oxygen atoms in total. The quantitative estimate of drug-likeness (QED) is 0.475. The first-order valence-corrected chi connectivity index (χ1v) is 4.60. The molecule has 0 aromatic heterocycles. The van der Waals surface area contributed by atoms with E-state index >= 15 is 0 Å². The van der Waals surface area contributed by atoms with Crippen molar-refractivity contribution in [2.24, 2.45) is 0 Å². The van der Waals surface area contributed by atoms with Gasteiger partial charge in [0.15, 0.2) is 0 Å². The Morgan fingerprint density at radius 1 is 1.38 bits per heavy atom. The molecule has 0 saturated carbocycles. The van der Waals surface area contributed by atoms with Gasteiger partial charge in [-0.1, -0.05) is 12.1 Å². The first-order valence-electron chi connectivity index (χ1n) is 4.60. The molecular weight excluding hydrogens is 162 g/mol. The highest BCUT2D eigenvalue weighted by Crippen LogP contribution is 2.30. The Morgan fingerprint density at radius 2 is 2.15 bits per heavy atom. The van der Waals surface area contributed by atoms with Crippen molar-refractivity contribution >= 4 is 11.8 Å². The Bertz CT molecular complexity index is 346. The van der Waals surface area contributed by atoms with Crippen LogP contribution in [0, 0.1) is 5.21 Å². The number of nitrogens with zero attached hydrogens (tertiary/aromatic N) is 1. The number of fused-ring (bicyclic) bond motifs is 1. The number of likely N-dealkylation sites (N-methyl/N-ethyl adjacent to an activating group) is 1. The van der Waals surface area contributed by atoms with E-state index in [0.717, 1.165) is 11.3 Å². The van der Waals surface area contributed by atoms with Crippen LogP contribution in [0.3, 0.4) is 0 Å². The summed E-state index contributed by atoms with van der Waals surface area (Å²) in [4.78, 5) is 0. The highest BCUT2D eigenvalue weighted by molar-refractivity contribution is 5.69. The van der Waals surface area contributed by atoms with Crippen LogP contribution in [0.5, 0.6) is 0 Å². The van der Waals surface area contributed by atoms with Gasteiger partial charge in [-0.25, -0.2) is 0 Å². The molecule has 0 bridgehead atoms. The van der Waals surface area contributed by atoms with Crippen molar-refractivity contribution in [3.8, 4) is 0 Å². The molecule has 1 atom stereocenters. The largest absolute Gasteiger partial charge is 0.627 e. The van der Waals surface area contributed by atoms with Crippen molar-refractivity contribution in [2.75, 3.05) is 13.1 Å². The summed E-state index contributed by atoms with van der Waals surface area (Å²) in [6.45, 7) is 3.10. The van der Waals surface area contributed by atoms with Crippen LogP contribution in [0.2, 0.25) is 0 Å². The summed E-state index contributed by atoms with van der Waals surface area (Å²) >= 11 is 0. The van der Waals surface area contributed by atoms with Gasteiger partial charge in [-0.2, -0.15) is 0 Å². The average Bonchev–Trinajstić information content (AvgIpc) is 2.19. The molecule has 2 rings (SSSR count). The summed E-state index contributed by atoms with van der Waals surface area (Å²) in [6.07, 6.45) is 3.98. The molecule has 0 amide bonds. The van der Waals surface area contributed by atoms with Crippen LogP contribution < -0.4 is 4.65 Å². The maximum atomic E-state index is 12.2. The molecule has 13 heavy (non-hydrogen) atoms. The van der Waals surface area contributed by atoms with E-state index in [1.54, 1.807) is 0 Å². The number of hydrogen-bond acceptors (Lipinski definition) is 1. The van der Waals surface area contributed by atoms with Crippen LogP contribution in [0.15, 0.2) is 30.3 Å². The molecule has 1 aromatic carbocycles. The van der Waals surface area contributed by atoms with Gasteiger partial charge in [0.05, 0.1) is 6.54 Å². The van der Waals surface area contributed by atoms with E-state index in [-0.39, 0.29) is 4.65 Å². The number of hydrogen-bond donors (Lipinski definition) is 0. The first-order chi connectivity index (χ1) is 6.26. The van der Waals surface area contributed by atoms with E-state index in [1.165, 1.54) is 0 Å². The molecule has 0 N–H and O–H groups in total. The van der Waals surface area contributed by atoms with Crippen LogP contribution in [0.1, 0.15) is 12.5 Å². The van der Waals surface area contributed by atoms with Gasteiger partial charge in [0.2, 0.25) is 0 Å². The molecule has 1 heterocycles. The lowest BCUT2D eigenvalue weighted by Gasteiger charge is -2.43. The molecule has 1 aliphatic rings.